The highest BCUT2D eigenvalue weighted by molar-refractivity contribution is 6.30. The Kier molecular flexibility index (Phi) is 6.98. The van der Waals surface area contributed by atoms with Gasteiger partial charge in [0.2, 0.25) is 5.91 Å². The molecule has 0 aliphatic carbocycles. The summed E-state index contributed by atoms with van der Waals surface area (Å²) in [6.07, 6.45) is -2.00. The van der Waals surface area contributed by atoms with Gasteiger partial charge in [-0.05, 0) is 33.8 Å². The van der Waals surface area contributed by atoms with Crippen LogP contribution in [0.5, 0.6) is 0 Å². The van der Waals surface area contributed by atoms with E-state index in [4.69, 9.17) is 16.3 Å². The molecule has 0 radical (unpaired) electrons. The number of nitrogens with one attached hydrogen (secondary N) is 2. The van der Waals surface area contributed by atoms with E-state index in [0.717, 1.165) is 0 Å². The van der Waals surface area contributed by atoms with Crippen LogP contribution in [-0.4, -0.2) is 34.9 Å². The van der Waals surface area contributed by atoms with Crippen molar-refractivity contribution < 1.29 is 23.8 Å². The van der Waals surface area contributed by atoms with Crippen LogP contribution >= 0.6 is 11.6 Å². The fourth-order valence-corrected chi connectivity index (χ4v) is 2.01. The summed E-state index contributed by atoms with van der Waals surface area (Å²) in [5.74, 6) is -1.30. The molecule has 2 atom stereocenters. The Morgan fingerprint density at radius 2 is 2.00 bits per heavy atom. The van der Waals surface area contributed by atoms with E-state index in [1.807, 2.05) is 0 Å². The molecule has 1 aromatic rings. The number of ether oxygens (including phenoxy) is 1. The van der Waals surface area contributed by atoms with Gasteiger partial charge in [-0.2, -0.15) is 0 Å². The Morgan fingerprint density at radius 1 is 1.38 bits per heavy atom. The molecule has 0 bridgehead atoms. The lowest BCUT2D eigenvalue weighted by atomic mass is 10.1. The Bertz CT molecular complexity index is 602. The van der Waals surface area contributed by atoms with Crippen molar-refractivity contribution in [3.8, 4) is 0 Å². The van der Waals surface area contributed by atoms with Crippen LogP contribution in [0.1, 0.15) is 33.3 Å². The predicted octanol–water partition coefficient (Wildman–Crippen LogP) is 2.37. The summed E-state index contributed by atoms with van der Waals surface area (Å²) in [6.45, 7) is 6.23. The topological polar surface area (TPSA) is 87.7 Å². The highest BCUT2D eigenvalue weighted by atomic mass is 35.5. The number of benzene rings is 1. The van der Waals surface area contributed by atoms with E-state index in [1.54, 1.807) is 26.8 Å². The second kappa shape index (κ2) is 8.30. The highest BCUT2D eigenvalue weighted by Gasteiger charge is 2.28. The first-order chi connectivity index (χ1) is 11.0. The van der Waals surface area contributed by atoms with Crippen molar-refractivity contribution in [2.45, 2.75) is 52.0 Å². The van der Waals surface area contributed by atoms with Gasteiger partial charge in [0.05, 0.1) is 11.1 Å². The number of carbonyl (C=O) groups excluding carboxylic acids is 2. The number of hydrogen-bond donors (Lipinski definition) is 3. The van der Waals surface area contributed by atoms with Crippen molar-refractivity contribution in [3.05, 3.63) is 34.6 Å². The Morgan fingerprint density at radius 3 is 2.54 bits per heavy atom. The maximum Gasteiger partial charge on any atom is 0.408 e. The molecular formula is C16H22ClFN2O4. The second-order valence-electron chi connectivity index (χ2n) is 6.30. The summed E-state index contributed by atoms with van der Waals surface area (Å²) in [4.78, 5) is 23.9. The third kappa shape index (κ3) is 6.33. The third-order valence-corrected chi connectivity index (χ3v) is 3.21. The highest BCUT2D eigenvalue weighted by Crippen LogP contribution is 2.17. The zero-order valence-corrected chi connectivity index (χ0v) is 14.8. The van der Waals surface area contributed by atoms with Crippen molar-refractivity contribution in [3.63, 3.8) is 0 Å². The van der Waals surface area contributed by atoms with Crippen LogP contribution in [0.4, 0.5) is 9.18 Å². The predicted molar refractivity (Wildman–Crippen MR) is 88.1 cm³/mol. The van der Waals surface area contributed by atoms with Gasteiger partial charge >= 0.3 is 6.09 Å². The molecule has 1 aromatic carbocycles. The quantitative estimate of drug-likeness (QED) is 0.752. The molecule has 24 heavy (non-hydrogen) atoms. The van der Waals surface area contributed by atoms with Crippen molar-refractivity contribution >= 4 is 23.6 Å². The second-order valence-corrected chi connectivity index (χ2v) is 6.70. The van der Waals surface area contributed by atoms with Gasteiger partial charge in [-0.15, -0.1) is 0 Å². The van der Waals surface area contributed by atoms with Gasteiger partial charge < -0.3 is 20.5 Å². The van der Waals surface area contributed by atoms with E-state index >= 15 is 0 Å². The number of hydrogen-bond acceptors (Lipinski definition) is 4. The first-order valence-corrected chi connectivity index (χ1v) is 7.77. The first-order valence-electron chi connectivity index (χ1n) is 7.39. The molecule has 6 nitrogen and oxygen atoms in total. The molecule has 1 unspecified atom stereocenters. The molecule has 0 aromatic heterocycles. The van der Waals surface area contributed by atoms with Crippen LogP contribution in [0.15, 0.2) is 18.2 Å². The fourth-order valence-electron chi connectivity index (χ4n) is 1.82. The minimum atomic E-state index is -1.23. The molecule has 0 aliphatic rings. The number of alkyl carbamates (subject to hydrolysis) is 1. The van der Waals surface area contributed by atoms with E-state index < -0.39 is 35.6 Å². The average molecular weight is 361 g/mol. The molecule has 0 saturated heterocycles. The van der Waals surface area contributed by atoms with Crippen molar-refractivity contribution in [2.24, 2.45) is 0 Å². The largest absolute Gasteiger partial charge is 0.444 e. The van der Waals surface area contributed by atoms with Crippen LogP contribution in [0.3, 0.4) is 0 Å². The molecule has 134 valence electrons. The number of aliphatic hydroxyl groups excluding tert-OH is 1. The number of carbonyl (C=O) groups is 2. The maximum atomic E-state index is 13.8. The number of halogens is 2. The molecule has 0 saturated carbocycles. The van der Waals surface area contributed by atoms with E-state index in [-0.39, 0.29) is 17.1 Å². The van der Waals surface area contributed by atoms with Crippen LogP contribution in [0.2, 0.25) is 5.02 Å². The lowest BCUT2D eigenvalue weighted by molar-refractivity contribution is -0.125. The molecule has 2 amide bonds. The zero-order chi connectivity index (χ0) is 18.5. The minimum Gasteiger partial charge on any atom is -0.444 e. The van der Waals surface area contributed by atoms with Gasteiger partial charge in [0.25, 0.3) is 0 Å². The van der Waals surface area contributed by atoms with Gasteiger partial charge in [0.15, 0.2) is 0 Å². The number of rotatable bonds is 5. The lowest BCUT2D eigenvalue weighted by Crippen LogP contribution is -2.53. The molecular weight excluding hydrogens is 339 g/mol. The monoisotopic (exact) mass is 360 g/mol. The lowest BCUT2D eigenvalue weighted by Gasteiger charge is -2.24. The molecule has 8 heteroatoms. The van der Waals surface area contributed by atoms with Gasteiger partial charge in [-0.3, -0.25) is 4.79 Å². The molecule has 3 N–H and O–H groups in total. The van der Waals surface area contributed by atoms with Crippen LogP contribution < -0.4 is 10.6 Å². The maximum absolute atomic E-state index is 13.8. The fraction of sp³-hybridized carbons (Fsp3) is 0.500. The van der Waals surface area contributed by atoms with Crippen molar-refractivity contribution in [1.82, 2.24) is 10.6 Å². The Balaban J connectivity index is 2.70. The van der Waals surface area contributed by atoms with Crippen LogP contribution in [0, 0.1) is 5.82 Å². The standard InChI is InChI=1S/C16H22ClFN2O4/c1-9(21)13(20-15(23)24-16(2,3)4)14(22)19-8-10-6-5-7-11(17)12(10)18/h5-7,9,13,21H,8H2,1-4H3,(H,19,22)(H,20,23)/t9?,13-/m0/s1. The summed E-state index contributed by atoms with van der Waals surface area (Å²) < 4.78 is 18.8. The molecule has 0 spiro atoms. The molecule has 1 rings (SSSR count). The summed E-state index contributed by atoms with van der Waals surface area (Å²) in [6, 6.07) is 3.19. The molecule has 0 heterocycles. The third-order valence-electron chi connectivity index (χ3n) is 2.92. The van der Waals surface area contributed by atoms with E-state index in [9.17, 15) is 19.1 Å². The SMILES string of the molecule is CC(O)[C@H](NC(=O)OC(C)(C)C)C(=O)NCc1cccc(Cl)c1F. The van der Waals surface area contributed by atoms with Crippen molar-refractivity contribution in [2.75, 3.05) is 0 Å². The minimum absolute atomic E-state index is 0.0549. The Hall–Kier alpha value is -1.86. The van der Waals surface area contributed by atoms with Gasteiger partial charge in [0, 0.05) is 12.1 Å². The van der Waals surface area contributed by atoms with Gasteiger partial charge in [0.1, 0.15) is 17.5 Å². The van der Waals surface area contributed by atoms with E-state index in [1.165, 1.54) is 19.1 Å². The average Bonchev–Trinajstić information content (AvgIpc) is 2.44. The molecule has 0 fully saturated rings. The normalized spacial score (nSPS) is 13.8. The summed E-state index contributed by atoms with van der Waals surface area (Å²) in [5.41, 5.74) is -0.550. The van der Waals surface area contributed by atoms with Crippen LogP contribution in [-0.2, 0) is 16.1 Å². The first kappa shape index (κ1) is 20.2. The van der Waals surface area contributed by atoms with Crippen molar-refractivity contribution in [1.29, 1.82) is 0 Å². The Labute approximate surface area is 145 Å². The van der Waals surface area contributed by atoms with E-state index in [2.05, 4.69) is 10.6 Å². The van der Waals surface area contributed by atoms with Gasteiger partial charge in [-0.1, -0.05) is 23.7 Å². The number of aliphatic hydroxyl groups is 1. The summed E-state index contributed by atoms with van der Waals surface area (Å²) in [7, 11) is 0. The number of amides is 2. The smallest absolute Gasteiger partial charge is 0.408 e. The molecule has 0 aliphatic heterocycles. The van der Waals surface area contributed by atoms with Crippen LogP contribution in [0.25, 0.3) is 0 Å². The van der Waals surface area contributed by atoms with Gasteiger partial charge in [-0.25, -0.2) is 9.18 Å². The summed E-state index contributed by atoms with van der Waals surface area (Å²) >= 11 is 5.67. The summed E-state index contributed by atoms with van der Waals surface area (Å²) in [5, 5.41) is 14.4. The zero-order valence-electron chi connectivity index (χ0n) is 14.0. The van der Waals surface area contributed by atoms with E-state index in [0.29, 0.717) is 0 Å².